The summed E-state index contributed by atoms with van der Waals surface area (Å²) in [5, 5.41) is 17.6. The number of ether oxygens (including phenoxy) is 1. The number of carbonyl (C=O) groups excluding carboxylic acids is 2. The summed E-state index contributed by atoms with van der Waals surface area (Å²) >= 11 is 0. The van der Waals surface area contributed by atoms with E-state index in [1.807, 2.05) is 17.9 Å². The lowest BCUT2D eigenvalue weighted by Crippen LogP contribution is -2.38. The number of rotatable bonds is 6. The normalized spacial score (nSPS) is 21.4. The maximum absolute atomic E-state index is 12.9. The zero-order valence-corrected chi connectivity index (χ0v) is 17.9. The molecule has 2 N–H and O–H groups in total. The molecule has 0 radical (unpaired) electrons. The van der Waals surface area contributed by atoms with Crippen LogP contribution in [0.4, 0.5) is 0 Å². The van der Waals surface area contributed by atoms with E-state index >= 15 is 0 Å². The summed E-state index contributed by atoms with van der Waals surface area (Å²) < 4.78 is 5.62. The third-order valence-corrected chi connectivity index (χ3v) is 6.10. The summed E-state index contributed by atoms with van der Waals surface area (Å²) in [4.78, 5) is 28.6. The van der Waals surface area contributed by atoms with Crippen LogP contribution in [-0.4, -0.2) is 75.8 Å². The smallest absolute Gasteiger partial charge is 0.260 e. The van der Waals surface area contributed by atoms with E-state index in [2.05, 4.69) is 10.2 Å². The van der Waals surface area contributed by atoms with Gasteiger partial charge in [-0.1, -0.05) is 0 Å². The summed E-state index contributed by atoms with van der Waals surface area (Å²) in [7, 11) is 0. The first kappa shape index (κ1) is 21.4. The zero-order valence-electron chi connectivity index (χ0n) is 17.9. The molecule has 3 heterocycles. The number of piperidine rings is 1. The Hall–Kier alpha value is -2.87. The van der Waals surface area contributed by atoms with Crippen LogP contribution < -0.4 is 4.74 Å². The van der Waals surface area contributed by atoms with Gasteiger partial charge in [0.1, 0.15) is 5.75 Å². The van der Waals surface area contributed by atoms with Crippen LogP contribution in [0.3, 0.4) is 0 Å². The Bertz CT molecular complexity index is 905. The fourth-order valence-electron chi connectivity index (χ4n) is 4.32. The van der Waals surface area contributed by atoms with Crippen molar-refractivity contribution in [2.45, 2.75) is 38.7 Å². The van der Waals surface area contributed by atoms with E-state index in [9.17, 15) is 14.7 Å². The van der Waals surface area contributed by atoms with Gasteiger partial charge >= 0.3 is 0 Å². The van der Waals surface area contributed by atoms with E-state index in [0.29, 0.717) is 30.8 Å². The second kappa shape index (κ2) is 9.51. The van der Waals surface area contributed by atoms with E-state index in [1.54, 1.807) is 29.2 Å². The number of nitrogens with zero attached hydrogens (tertiary/aromatic N) is 3. The highest BCUT2D eigenvalue weighted by atomic mass is 16.5. The van der Waals surface area contributed by atoms with Gasteiger partial charge in [-0.3, -0.25) is 14.7 Å². The molecule has 0 bridgehead atoms. The molecule has 2 atom stereocenters. The molecule has 8 nitrogen and oxygen atoms in total. The predicted molar refractivity (Wildman–Crippen MR) is 115 cm³/mol. The minimum Gasteiger partial charge on any atom is -0.484 e. The van der Waals surface area contributed by atoms with Crippen molar-refractivity contribution in [3.8, 4) is 5.75 Å². The Morgan fingerprint density at radius 2 is 1.87 bits per heavy atom. The molecule has 2 amide bonds. The lowest BCUT2D eigenvalue weighted by Gasteiger charge is -2.26. The van der Waals surface area contributed by atoms with E-state index in [4.69, 9.17) is 4.74 Å². The molecule has 2 fully saturated rings. The summed E-state index contributed by atoms with van der Waals surface area (Å²) in [5.74, 6) is 0.421. The first-order chi connectivity index (χ1) is 15.0. The van der Waals surface area contributed by atoms with Crippen molar-refractivity contribution in [2.75, 3.05) is 32.8 Å². The molecule has 2 saturated heterocycles. The van der Waals surface area contributed by atoms with E-state index in [0.717, 1.165) is 37.3 Å². The number of H-pyrrole nitrogens is 1. The maximum Gasteiger partial charge on any atom is 0.260 e. The summed E-state index contributed by atoms with van der Waals surface area (Å²) in [6.45, 7) is 4.37. The van der Waals surface area contributed by atoms with Crippen LogP contribution in [0.1, 0.15) is 41.0 Å². The molecule has 2 aliphatic heterocycles. The maximum atomic E-state index is 12.9. The lowest BCUT2D eigenvalue weighted by molar-refractivity contribution is -0.134. The average molecular weight is 427 g/mol. The van der Waals surface area contributed by atoms with E-state index in [1.165, 1.54) is 6.42 Å². The molecule has 166 valence electrons. The van der Waals surface area contributed by atoms with Crippen molar-refractivity contribution >= 4 is 11.8 Å². The van der Waals surface area contributed by atoms with Gasteiger partial charge in [0.2, 0.25) is 0 Å². The highest BCUT2D eigenvalue weighted by Crippen LogP contribution is 2.23. The molecule has 8 heteroatoms. The Labute approximate surface area is 182 Å². The highest BCUT2D eigenvalue weighted by Gasteiger charge is 2.34. The van der Waals surface area contributed by atoms with Gasteiger partial charge in [-0.05, 0) is 62.9 Å². The summed E-state index contributed by atoms with van der Waals surface area (Å²) in [6.07, 6.45) is 3.35. The topological polar surface area (TPSA) is 98.8 Å². The number of hydrogen-bond acceptors (Lipinski definition) is 5. The molecule has 31 heavy (non-hydrogen) atoms. The van der Waals surface area contributed by atoms with Gasteiger partial charge in [0.25, 0.3) is 11.8 Å². The number of aliphatic hydroxyl groups excluding tert-OH is 1. The molecule has 2 aliphatic rings. The summed E-state index contributed by atoms with van der Waals surface area (Å²) in [6, 6.07) is 8.81. The quantitative estimate of drug-likeness (QED) is 0.734. The minimum absolute atomic E-state index is 0.00375. The number of hydrogen-bond donors (Lipinski definition) is 2. The van der Waals surface area contributed by atoms with Gasteiger partial charge in [-0.2, -0.15) is 5.10 Å². The van der Waals surface area contributed by atoms with Crippen LogP contribution in [0.15, 0.2) is 30.3 Å². The third-order valence-electron chi connectivity index (χ3n) is 6.10. The van der Waals surface area contributed by atoms with Crippen LogP contribution in [0.25, 0.3) is 0 Å². The zero-order chi connectivity index (χ0) is 21.8. The van der Waals surface area contributed by atoms with Gasteiger partial charge in [-0.25, -0.2) is 0 Å². The Morgan fingerprint density at radius 3 is 2.55 bits per heavy atom. The van der Waals surface area contributed by atoms with Gasteiger partial charge in [0, 0.05) is 43.4 Å². The Morgan fingerprint density at radius 1 is 1.13 bits per heavy atom. The number of nitrogens with one attached hydrogen (secondary N) is 1. The Balaban J connectivity index is 1.29. The number of aryl methyl sites for hydroxylation is 1. The second-order valence-corrected chi connectivity index (χ2v) is 8.54. The first-order valence-electron chi connectivity index (χ1n) is 11.0. The first-order valence-corrected chi connectivity index (χ1v) is 11.0. The number of β-amino-alcohol motifs (C(OH)–C–C–N with tert-alkyl or cyclic N) is 1. The van der Waals surface area contributed by atoms with Gasteiger partial charge in [0.15, 0.2) is 6.61 Å². The fourth-order valence-corrected chi connectivity index (χ4v) is 4.32. The van der Waals surface area contributed by atoms with Crippen molar-refractivity contribution in [2.24, 2.45) is 5.92 Å². The monoisotopic (exact) mass is 426 g/mol. The number of benzene rings is 1. The molecule has 4 rings (SSSR count). The molecule has 1 aromatic heterocycles. The number of likely N-dealkylation sites (tertiary alicyclic amines) is 2. The number of amides is 2. The van der Waals surface area contributed by atoms with Gasteiger partial charge in [-0.15, -0.1) is 0 Å². The number of aromatic amines is 1. The number of carbonyl (C=O) groups is 2. The van der Waals surface area contributed by atoms with Crippen LogP contribution in [0.2, 0.25) is 0 Å². The SMILES string of the molecule is Cc1cc(CC2CN(C(=O)c3ccc(OCC(=O)N4CCCCC4)cc3)CC2O)n[nH]1. The molecule has 0 aliphatic carbocycles. The van der Waals surface area contributed by atoms with Crippen molar-refractivity contribution in [1.82, 2.24) is 20.0 Å². The largest absolute Gasteiger partial charge is 0.484 e. The lowest BCUT2D eigenvalue weighted by atomic mass is 10.0. The van der Waals surface area contributed by atoms with Crippen molar-refractivity contribution in [3.63, 3.8) is 0 Å². The molecule has 1 aromatic carbocycles. The van der Waals surface area contributed by atoms with Crippen molar-refractivity contribution in [3.05, 3.63) is 47.3 Å². The van der Waals surface area contributed by atoms with Gasteiger partial charge < -0.3 is 19.6 Å². The van der Waals surface area contributed by atoms with E-state index in [-0.39, 0.29) is 24.3 Å². The fraction of sp³-hybridized carbons (Fsp3) is 0.522. The molecule has 2 aromatic rings. The summed E-state index contributed by atoms with van der Waals surface area (Å²) in [5.41, 5.74) is 2.42. The van der Waals surface area contributed by atoms with Crippen molar-refractivity contribution < 1.29 is 19.4 Å². The van der Waals surface area contributed by atoms with Crippen LogP contribution >= 0.6 is 0 Å². The molecular formula is C23H30N4O4. The standard InChI is InChI=1S/C23H30N4O4/c1-16-11-19(25-24-16)12-18-13-27(14-21(18)28)23(30)17-5-7-20(8-6-17)31-15-22(29)26-9-3-2-4-10-26/h5-8,11,18,21,28H,2-4,9-10,12-15H2,1H3,(H,24,25). The molecule has 0 spiro atoms. The van der Waals surface area contributed by atoms with E-state index < -0.39 is 6.10 Å². The third kappa shape index (κ3) is 5.25. The average Bonchev–Trinajstić information content (AvgIpc) is 3.37. The van der Waals surface area contributed by atoms with Crippen LogP contribution in [0, 0.1) is 12.8 Å². The molecular weight excluding hydrogens is 396 g/mol. The molecule has 2 unspecified atom stereocenters. The van der Waals surface area contributed by atoms with Crippen LogP contribution in [0.5, 0.6) is 5.75 Å². The van der Waals surface area contributed by atoms with Crippen LogP contribution in [-0.2, 0) is 11.2 Å². The number of aromatic nitrogens is 2. The minimum atomic E-state index is -0.565. The Kier molecular flexibility index (Phi) is 6.56. The predicted octanol–water partition coefficient (Wildman–Crippen LogP) is 1.79. The highest BCUT2D eigenvalue weighted by molar-refractivity contribution is 5.94. The van der Waals surface area contributed by atoms with Gasteiger partial charge in [0.05, 0.1) is 11.8 Å². The molecule has 0 saturated carbocycles. The second-order valence-electron chi connectivity index (χ2n) is 8.54. The van der Waals surface area contributed by atoms with Crippen molar-refractivity contribution in [1.29, 1.82) is 0 Å². The number of aliphatic hydroxyl groups is 1.